The number of piperidine rings is 1. The maximum absolute atomic E-state index is 13.3. The van der Waals surface area contributed by atoms with Crippen molar-refractivity contribution < 1.29 is 9.18 Å². The van der Waals surface area contributed by atoms with E-state index >= 15 is 0 Å². The standard InChI is InChI=1S/C19H27FN6O/c1-14(2)24(3)12-18-21-22-23-26(18)13-19(27)25-11-5-4-6-17(25)15-7-9-16(20)10-8-15/h7-10,14,17H,4-6,11-13H2,1-3H3/t17-/m0/s1. The number of tetrazole rings is 1. The van der Waals surface area contributed by atoms with Crippen LogP contribution < -0.4 is 0 Å². The van der Waals surface area contributed by atoms with Gasteiger partial charge in [-0.1, -0.05) is 12.1 Å². The number of likely N-dealkylation sites (tertiary alicyclic amines) is 1. The predicted octanol–water partition coefficient (Wildman–Crippen LogP) is 2.41. The second kappa shape index (κ2) is 8.56. The highest BCUT2D eigenvalue weighted by Crippen LogP contribution is 2.31. The summed E-state index contributed by atoms with van der Waals surface area (Å²) in [5.74, 6) is 0.403. The van der Waals surface area contributed by atoms with Crippen LogP contribution in [0.3, 0.4) is 0 Å². The van der Waals surface area contributed by atoms with Crippen LogP contribution in [0.5, 0.6) is 0 Å². The van der Waals surface area contributed by atoms with Gasteiger partial charge in [-0.15, -0.1) is 5.10 Å². The van der Waals surface area contributed by atoms with Gasteiger partial charge in [0.25, 0.3) is 0 Å². The van der Waals surface area contributed by atoms with Crippen LogP contribution >= 0.6 is 0 Å². The first-order valence-corrected chi connectivity index (χ1v) is 9.46. The van der Waals surface area contributed by atoms with Crippen molar-refractivity contribution in [3.05, 3.63) is 41.5 Å². The molecule has 8 heteroatoms. The average molecular weight is 374 g/mol. The number of carbonyl (C=O) groups excluding carboxylic acids is 1. The Morgan fingerprint density at radius 3 is 2.74 bits per heavy atom. The van der Waals surface area contributed by atoms with Gasteiger partial charge in [0.05, 0.1) is 12.6 Å². The Bertz CT molecular complexity index is 760. The predicted molar refractivity (Wildman–Crippen MR) is 99.1 cm³/mol. The molecule has 1 amide bonds. The Balaban J connectivity index is 1.73. The molecule has 0 radical (unpaired) electrons. The van der Waals surface area contributed by atoms with E-state index in [0.717, 1.165) is 24.8 Å². The molecule has 0 aliphatic carbocycles. The van der Waals surface area contributed by atoms with Gasteiger partial charge in [-0.05, 0) is 68.3 Å². The second-order valence-corrected chi connectivity index (χ2v) is 7.41. The fraction of sp³-hybridized carbons (Fsp3) is 0.579. The molecular formula is C19H27FN6O. The van der Waals surface area contributed by atoms with Crippen LogP contribution in [0.1, 0.15) is 50.5 Å². The largest absolute Gasteiger partial charge is 0.334 e. The number of halogens is 1. The lowest BCUT2D eigenvalue weighted by atomic mass is 9.95. The Morgan fingerprint density at radius 1 is 1.30 bits per heavy atom. The first kappa shape index (κ1) is 19.4. The molecule has 2 heterocycles. The van der Waals surface area contributed by atoms with E-state index in [1.54, 1.807) is 16.8 Å². The highest BCUT2D eigenvalue weighted by atomic mass is 19.1. The van der Waals surface area contributed by atoms with E-state index in [1.807, 2.05) is 11.9 Å². The molecule has 0 saturated carbocycles. The summed E-state index contributed by atoms with van der Waals surface area (Å²) in [6.07, 6.45) is 2.92. The number of amides is 1. The van der Waals surface area contributed by atoms with Gasteiger partial charge in [-0.3, -0.25) is 9.69 Å². The van der Waals surface area contributed by atoms with Gasteiger partial charge in [0, 0.05) is 12.6 Å². The highest BCUT2D eigenvalue weighted by Gasteiger charge is 2.28. The Hall–Kier alpha value is -2.35. The molecule has 0 spiro atoms. The summed E-state index contributed by atoms with van der Waals surface area (Å²) in [6, 6.07) is 6.78. The zero-order valence-corrected chi connectivity index (χ0v) is 16.2. The number of aromatic nitrogens is 4. The molecule has 1 aromatic carbocycles. The van der Waals surface area contributed by atoms with Gasteiger partial charge in [0.1, 0.15) is 12.4 Å². The Labute approximate surface area is 159 Å². The van der Waals surface area contributed by atoms with E-state index in [2.05, 4.69) is 34.3 Å². The molecule has 1 fully saturated rings. The van der Waals surface area contributed by atoms with Crippen molar-refractivity contribution in [2.24, 2.45) is 0 Å². The lowest BCUT2D eigenvalue weighted by molar-refractivity contribution is -0.136. The van der Waals surface area contributed by atoms with Gasteiger partial charge in [-0.25, -0.2) is 9.07 Å². The molecule has 1 aromatic heterocycles. The minimum atomic E-state index is -0.264. The molecular weight excluding hydrogens is 347 g/mol. The highest BCUT2D eigenvalue weighted by molar-refractivity contribution is 5.76. The maximum atomic E-state index is 13.3. The topological polar surface area (TPSA) is 67.2 Å². The molecule has 1 aliphatic heterocycles. The monoisotopic (exact) mass is 374 g/mol. The third kappa shape index (κ3) is 4.68. The van der Waals surface area contributed by atoms with E-state index in [9.17, 15) is 9.18 Å². The van der Waals surface area contributed by atoms with Crippen molar-refractivity contribution in [1.82, 2.24) is 30.0 Å². The van der Waals surface area contributed by atoms with Crippen LogP contribution in [0, 0.1) is 5.82 Å². The molecule has 0 unspecified atom stereocenters. The average Bonchev–Trinajstić information content (AvgIpc) is 3.09. The fourth-order valence-electron chi connectivity index (χ4n) is 3.35. The number of hydrogen-bond acceptors (Lipinski definition) is 5. The van der Waals surface area contributed by atoms with E-state index in [0.29, 0.717) is 25.0 Å². The molecule has 1 aliphatic rings. The maximum Gasteiger partial charge on any atom is 0.244 e. The molecule has 7 nitrogen and oxygen atoms in total. The Morgan fingerprint density at radius 2 is 2.04 bits per heavy atom. The van der Waals surface area contributed by atoms with Crippen molar-refractivity contribution in [3.63, 3.8) is 0 Å². The minimum Gasteiger partial charge on any atom is -0.334 e. The van der Waals surface area contributed by atoms with Gasteiger partial charge in [0.15, 0.2) is 5.82 Å². The van der Waals surface area contributed by atoms with Crippen molar-refractivity contribution in [1.29, 1.82) is 0 Å². The van der Waals surface area contributed by atoms with Crippen molar-refractivity contribution in [2.45, 2.75) is 58.3 Å². The minimum absolute atomic E-state index is 0.00947. The van der Waals surface area contributed by atoms with Gasteiger partial charge in [0.2, 0.25) is 5.91 Å². The zero-order valence-electron chi connectivity index (χ0n) is 16.2. The number of rotatable bonds is 6. The molecule has 1 atom stereocenters. The molecule has 0 N–H and O–H groups in total. The molecule has 2 aromatic rings. The summed E-state index contributed by atoms with van der Waals surface area (Å²) in [5, 5.41) is 11.8. The third-order valence-electron chi connectivity index (χ3n) is 5.24. The molecule has 146 valence electrons. The number of nitrogens with zero attached hydrogens (tertiary/aromatic N) is 6. The second-order valence-electron chi connectivity index (χ2n) is 7.41. The molecule has 27 heavy (non-hydrogen) atoms. The van der Waals surface area contributed by atoms with Crippen LogP contribution in [0.4, 0.5) is 4.39 Å². The first-order chi connectivity index (χ1) is 13.0. The Kier molecular flexibility index (Phi) is 6.15. The molecule has 0 bridgehead atoms. The van der Waals surface area contributed by atoms with Gasteiger partial charge in [-0.2, -0.15) is 0 Å². The lowest BCUT2D eigenvalue weighted by Crippen LogP contribution is -2.41. The van der Waals surface area contributed by atoms with Crippen molar-refractivity contribution in [3.8, 4) is 0 Å². The normalized spacial score (nSPS) is 17.7. The van der Waals surface area contributed by atoms with Crippen molar-refractivity contribution >= 4 is 5.91 Å². The number of carbonyl (C=O) groups is 1. The SMILES string of the molecule is CC(C)N(C)Cc1nnnn1CC(=O)N1CCCC[C@H]1c1ccc(F)cc1. The summed E-state index contributed by atoms with van der Waals surface area (Å²) >= 11 is 0. The first-order valence-electron chi connectivity index (χ1n) is 9.46. The molecule has 1 saturated heterocycles. The smallest absolute Gasteiger partial charge is 0.244 e. The summed E-state index contributed by atoms with van der Waals surface area (Å²) in [4.78, 5) is 17.0. The van der Waals surface area contributed by atoms with Crippen LogP contribution in [0.2, 0.25) is 0 Å². The summed E-state index contributed by atoms with van der Waals surface area (Å²) in [6.45, 7) is 5.59. The lowest BCUT2D eigenvalue weighted by Gasteiger charge is -2.36. The fourth-order valence-corrected chi connectivity index (χ4v) is 3.35. The van der Waals surface area contributed by atoms with Crippen LogP contribution in [0.15, 0.2) is 24.3 Å². The number of hydrogen-bond donors (Lipinski definition) is 0. The number of benzene rings is 1. The van der Waals surface area contributed by atoms with Crippen LogP contribution in [-0.2, 0) is 17.9 Å². The van der Waals surface area contributed by atoms with E-state index in [1.165, 1.54) is 12.1 Å². The zero-order chi connectivity index (χ0) is 19.4. The summed E-state index contributed by atoms with van der Waals surface area (Å²) in [7, 11) is 2.00. The third-order valence-corrected chi connectivity index (χ3v) is 5.24. The summed E-state index contributed by atoms with van der Waals surface area (Å²) in [5.41, 5.74) is 0.973. The van der Waals surface area contributed by atoms with E-state index < -0.39 is 0 Å². The van der Waals surface area contributed by atoms with Crippen LogP contribution in [0.25, 0.3) is 0 Å². The summed E-state index contributed by atoms with van der Waals surface area (Å²) < 4.78 is 14.8. The van der Waals surface area contributed by atoms with Gasteiger partial charge >= 0.3 is 0 Å². The van der Waals surface area contributed by atoms with Crippen molar-refractivity contribution in [2.75, 3.05) is 13.6 Å². The van der Waals surface area contributed by atoms with E-state index in [-0.39, 0.29) is 24.3 Å². The van der Waals surface area contributed by atoms with Gasteiger partial charge < -0.3 is 4.90 Å². The molecule has 3 rings (SSSR count). The quantitative estimate of drug-likeness (QED) is 0.777. The van der Waals surface area contributed by atoms with E-state index in [4.69, 9.17) is 0 Å². The van der Waals surface area contributed by atoms with Crippen LogP contribution in [-0.4, -0.2) is 55.5 Å².